The molecule has 1 aromatic rings. The first-order valence-corrected chi connectivity index (χ1v) is 7.02. The quantitative estimate of drug-likeness (QED) is 0.841. The Morgan fingerprint density at radius 1 is 1.38 bits per heavy atom. The minimum absolute atomic E-state index is 0.0675. The molecule has 1 saturated heterocycles. The lowest BCUT2D eigenvalue weighted by molar-refractivity contribution is -0.171. The van der Waals surface area contributed by atoms with E-state index in [1.807, 2.05) is 20.8 Å². The molecule has 1 N–H and O–H groups in total. The molecule has 0 unspecified atom stereocenters. The van der Waals surface area contributed by atoms with Gasteiger partial charge in [0.2, 0.25) is 0 Å². The molecule has 3 rings (SSSR count). The molecule has 1 aromatic heterocycles. The zero-order valence-corrected chi connectivity index (χ0v) is 12.3. The van der Waals surface area contributed by atoms with Gasteiger partial charge >= 0.3 is 5.91 Å². The second kappa shape index (κ2) is 4.19. The molecule has 21 heavy (non-hydrogen) atoms. The predicted octanol–water partition coefficient (Wildman–Crippen LogP) is 1.74. The second-order valence-electron chi connectivity index (χ2n) is 6.54. The molecule has 0 spiro atoms. The molecule has 1 aliphatic carbocycles. The molecule has 1 saturated carbocycles. The van der Waals surface area contributed by atoms with Crippen LogP contribution in [0.3, 0.4) is 0 Å². The highest BCUT2D eigenvalue weighted by Crippen LogP contribution is 2.59. The Morgan fingerprint density at radius 2 is 2.10 bits per heavy atom. The van der Waals surface area contributed by atoms with Gasteiger partial charge in [-0.15, -0.1) is 0 Å². The van der Waals surface area contributed by atoms with Crippen molar-refractivity contribution in [2.24, 2.45) is 16.7 Å². The number of carbonyl (C=O) groups excluding carboxylic acids is 3. The summed E-state index contributed by atoms with van der Waals surface area (Å²) in [5.74, 6) is -1.45. The zero-order chi connectivity index (χ0) is 15.4. The van der Waals surface area contributed by atoms with Gasteiger partial charge < -0.3 is 4.42 Å². The lowest BCUT2D eigenvalue weighted by Crippen LogP contribution is -2.63. The van der Waals surface area contributed by atoms with E-state index in [0.29, 0.717) is 12.8 Å². The summed E-state index contributed by atoms with van der Waals surface area (Å²) < 4.78 is 4.98. The third-order valence-electron chi connectivity index (χ3n) is 5.38. The van der Waals surface area contributed by atoms with Crippen molar-refractivity contribution < 1.29 is 18.8 Å². The summed E-state index contributed by atoms with van der Waals surface area (Å²) >= 11 is 0. The fraction of sp³-hybridized carbons (Fsp3) is 0.533. The normalized spacial score (nSPS) is 30.6. The van der Waals surface area contributed by atoms with Crippen molar-refractivity contribution in [3.8, 4) is 0 Å². The highest BCUT2D eigenvalue weighted by atomic mass is 16.3. The molecule has 2 fully saturated rings. The van der Waals surface area contributed by atoms with Crippen LogP contribution in [0.4, 0.5) is 0 Å². The Labute approximate surface area is 122 Å². The van der Waals surface area contributed by atoms with E-state index in [-0.39, 0.29) is 23.5 Å². The van der Waals surface area contributed by atoms with Gasteiger partial charge in [0.05, 0.1) is 11.7 Å². The van der Waals surface area contributed by atoms with Crippen LogP contribution in [-0.4, -0.2) is 22.7 Å². The van der Waals surface area contributed by atoms with Crippen molar-refractivity contribution in [3.05, 3.63) is 24.2 Å². The fourth-order valence-electron chi connectivity index (χ4n) is 3.49. The molecule has 0 radical (unpaired) electrons. The molecule has 6 nitrogen and oxygen atoms in total. The Kier molecular flexibility index (Phi) is 2.77. The van der Waals surface area contributed by atoms with Gasteiger partial charge in [-0.1, -0.05) is 20.8 Å². The van der Waals surface area contributed by atoms with Crippen LogP contribution < -0.4 is 5.43 Å². The first-order valence-electron chi connectivity index (χ1n) is 7.02. The molecule has 2 aliphatic rings. The van der Waals surface area contributed by atoms with Gasteiger partial charge in [0.15, 0.2) is 5.76 Å². The molecular weight excluding hydrogens is 272 g/mol. The Balaban J connectivity index is 1.90. The van der Waals surface area contributed by atoms with Crippen molar-refractivity contribution in [3.63, 3.8) is 0 Å². The molecule has 2 heterocycles. The molecule has 2 bridgehead atoms. The van der Waals surface area contributed by atoms with E-state index in [2.05, 4.69) is 5.43 Å². The molecule has 3 amide bonds. The smallest absolute Gasteiger partial charge is 0.305 e. The number of rotatable bonds is 2. The summed E-state index contributed by atoms with van der Waals surface area (Å²) in [6.45, 7) is 5.77. The maximum absolute atomic E-state index is 12.7. The van der Waals surface area contributed by atoms with Crippen LogP contribution in [0.15, 0.2) is 22.8 Å². The molecule has 6 heteroatoms. The highest BCUT2D eigenvalue weighted by Gasteiger charge is 2.64. The van der Waals surface area contributed by atoms with E-state index in [1.54, 1.807) is 6.07 Å². The molecule has 112 valence electrons. The van der Waals surface area contributed by atoms with Crippen LogP contribution in [-0.2, 0) is 9.59 Å². The van der Waals surface area contributed by atoms with Gasteiger partial charge in [0, 0.05) is 5.92 Å². The Hall–Kier alpha value is -2.11. The third kappa shape index (κ3) is 1.68. The minimum Gasteiger partial charge on any atom is -0.459 e. The van der Waals surface area contributed by atoms with Crippen molar-refractivity contribution in [1.29, 1.82) is 0 Å². The van der Waals surface area contributed by atoms with Gasteiger partial charge in [-0.05, 0) is 30.4 Å². The van der Waals surface area contributed by atoms with Gasteiger partial charge in [-0.25, -0.2) is 0 Å². The number of furan rings is 1. The largest absolute Gasteiger partial charge is 0.459 e. The van der Waals surface area contributed by atoms with E-state index < -0.39 is 16.7 Å². The zero-order valence-electron chi connectivity index (χ0n) is 12.3. The lowest BCUT2D eigenvalue weighted by Gasteiger charge is -2.47. The average molecular weight is 290 g/mol. The van der Waals surface area contributed by atoms with Crippen LogP contribution in [0, 0.1) is 16.7 Å². The van der Waals surface area contributed by atoms with E-state index in [0.717, 1.165) is 5.01 Å². The van der Waals surface area contributed by atoms with Gasteiger partial charge in [-0.2, -0.15) is 5.01 Å². The lowest BCUT2D eigenvalue weighted by atomic mass is 9.63. The number of hydrazine groups is 1. The topological polar surface area (TPSA) is 79.6 Å². The van der Waals surface area contributed by atoms with Crippen LogP contribution >= 0.6 is 0 Å². The third-order valence-corrected chi connectivity index (χ3v) is 5.38. The number of hydrogen-bond acceptors (Lipinski definition) is 4. The average Bonchev–Trinajstić information content (AvgIpc) is 3.00. The summed E-state index contributed by atoms with van der Waals surface area (Å²) in [5.41, 5.74) is 1.35. The number of nitrogens with one attached hydrogen (secondary N) is 1. The first-order chi connectivity index (χ1) is 9.79. The number of piperidine rings is 1. The van der Waals surface area contributed by atoms with Gasteiger partial charge in [-0.3, -0.25) is 19.8 Å². The standard InChI is InChI=1S/C15H18N2O4/c1-14(2)9-6-7-15(14,3)13(20)17(12(9)19)16-11(18)10-5-4-8-21-10/h4-5,8-9H,6-7H2,1-3H3,(H,16,18)/t9-,15+/m1/s1. The summed E-state index contributed by atoms with van der Waals surface area (Å²) in [4.78, 5) is 37.2. The highest BCUT2D eigenvalue weighted by molar-refractivity contribution is 6.06. The SMILES string of the molecule is CC1(C)[C@@H]2CC[C@@]1(C)C(=O)N(NC(=O)c1ccco1)C2=O. The van der Waals surface area contributed by atoms with Crippen LogP contribution in [0.1, 0.15) is 44.2 Å². The number of fused-ring (bicyclic) bond motifs is 2. The number of carbonyl (C=O) groups is 3. The maximum atomic E-state index is 12.7. The van der Waals surface area contributed by atoms with Gasteiger partial charge in [0.1, 0.15) is 0 Å². The minimum atomic E-state index is -0.637. The van der Waals surface area contributed by atoms with Gasteiger partial charge in [0.25, 0.3) is 11.8 Å². The summed E-state index contributed by atoms with van der Waals surface area (Å²) in [6.07, 6.45) is 2.69. The van der Waals surface area contributed by atoms with E-state index in [4.69, 9.17) is 4.42 Å². The molecule has 0 aromatic carbocycles. The fourth-order valence-corrected chi connectivity index (χ4v) is 3.49. The second-order valence-corrected chi connectivity index (χ2v) is 6.54. The number of hydrogen-bond donors (Lipinski definition) is 1. The molecular formula is C15H18N2O4. The Bertz CT molecular complexity index is 620. The first kappa shape index (κ1) is 13.9. The maximum Gasteiger partial charge on any atom is 0.305 e. The van der Waals surface area contributed by atoms with Crippen molar-refractivity contribution in [2.75, 3.05) is 0 Å². The monoisotopic (exact) mass is 290 g/mol. The van der Waals surface area contributed by atoms with E-state index in [1.165, 1.54) is 12.3 Å². The molecule has 1 aliphatic heterocycles. The van der Waals surface area contributed by atoms with Crippen molar-refractivity contribution in [2.45, 2.75) is 33.6 Å². The van der Waals surface area contributed by atoms with Crippen molar-refractivity contribution >= 4 is 17.7 Å². The number of nitrogens with zero attached hydrogens (tertiary/aromatic N) is 1. The Morgan fingerprint density at radius 3 is 2.71 bits per heavy atom. The van der Waals surface area contributed by atoms with Crippen LogP contribution in [0.25, 0.3) is 0 Å². The summed E-state index contributed by atoms with van der Waals surface area (Å²) in [5, 5.41) is 0.883. The number of amides is 3. The summed E-state index contributed by atoms with van der Waals surface area (Å²) in [7, 11) is 0. The van der Waals surface area contributed by atoms with Crippen LogP contribution in [0.5, 0.6) is 0 Å². The van der Waals surface area contributed by atoms with Crippen molar-refractivity contribution in [1.82, 2.24) is 10.4 Å². The molecule has 2 atom stereocenters. The predicted molar refractivity (Wildman–Crippen MR) is 72.6 cm³/mol. The summed E-state index contributed by atoms with van der Waals surface area (Å²) in [6, 6.07) is 3.05. The van der Waals surface area contributed by atoms with Crippen LogP contribution in [0.2, 0.25) is 0 Å². The number of imide groups is 1. The van der Waals surface area contributed by atoms with E-state index in [9.17, 15) is 14.4 Å². The van der Waals surface area contributed by atoms with E-state index >= 15 is 0 Å².